The van der Waals surface area contributed by atoms with Gasteiger partial charge in [-0.05, 0) is 49.8 Å². The molecule has 1 atom stereocenters. The molecule has 2 rings (SSSR count). The third kappa shape index (κ3) is 3.69. The van der Waals surface area contributed by atoms with Crippen molar-refractivity contribution in [3.05, 3.63) is 29.6 Å². The minimum absolute atomic E-state index is 0.214. The van der Waals surface area contributed by atoms with Crippen LogP contribution in [0, 0.1) is 11.7 Å². The molecular formula is C16H24FNO. The number of hydrogen-bond donors (Lipinski definition) is 1. The van der Waals surface area contributed by atoms with Crippen molar-refractivity contribution in [1.82, 2.24) is 0 Å². The van der Waals surface area contributed by atoms with Crippen molar-refractivity contribution >= 4 is 5.69 Å². The van der Waals surface area contributed by atoms with Gasteiger partial charge in [0.1, 0.15) is 5.82 Å². The van der Waals surface area contributed by atoms with Crippen molar-refractivity contribution in [2.75, 3.05) is 11.4 Å². The predicted octanol–water partition coefficient (Wildman–Crippen LogP) is 3.89. The number of halogens is 1. The zero-order valence-corrected chi connectivity index (χ0v) is 12.1. The molecule has 0 aromatic heterocycles. The van der Waals surface area contributed by atoms with Gasteiger partial charge >= 0.3 is 0 Å². The Labute approximate surface area is 115 Å². The molecule has 1 aromatic carbocycles. The normalized spacial score (nSPS) is 16.7. The lowest BCUT2D eigenvalue weighted by molar-refractivity contribution is 0.199. The molecule has 0 heterocycles. The van der Waals surface area contributed by atoms with E-state index in [9.17, 15) is 9.50 Å². The van der Waals surface area contributed by atoms with Gasteiger partial charge in [0.15, 0.2) is 0 Å². The first-order chi connectivity index (χ1) is 8.99. The first-order valence-corrected chi connectivity index (χ1v) is 7.23. The number of nitrogens with zero attached hydrogens (tertiary/aromatic N) is 1. The highest BCUT2D eigenvalue weighted by atomic mass is 19.1. The van der Waals surface area contributed by atoms with Crippen LogP contribution >= 0.6 is 0 Å². The van der Waals surface area contributed by atoms with Crippen LogP contribution in [0.2, 0.25) is 0 Å². The van der Waals surface area contributed by atoms with Gasteiger partial charge in [-0.3, -0.25) is 0 Å². The fraction of sp³-hybridized carbons (Fsp3) is 0.625. The molecule has 0 amide bonds. The van der Waals surface area contributed by atoms with Crippen molar-refractivity contribution in [2.24, 2.45) is 5.92 Å². The van der Waals surface area contributed by atoms with E-state index in [-0.39, 0.29) is 5.82 Å². The van der Waals surface area contributed by atoms with Gasteiger partial charge in [-0.1, -0.05) is 19.9 Å². The van der Waals surface area contributed by atoms with Crippen LogP contribution in [0.3, 0.4) is 0 Å². The van der Waals surface area contributed by atoms with Crippen molar-refractivity contribution in [1.29, 1.82) is 0 Å². The Kier molecular flexibility index (Phi) is 4.46. The Bertz CT molecular complexity index is 427. The van der Waals surface area contributed by atoms with Gasteiger partial charge in [0.05, 0.1) is 11.8 Å². The van der Waals surface area contributed by atoms with Crippen LogP contribution in [0.25, 0.3) is 0 Å². The highest BCUT2D eigenvalue weighted by Crippen LogP contribution is 2.34. The first kappa shape index (κ1) is 14.3. The zero-order chi connectivity index (χ0) is 14.0. The van der Waals surface area contributed by atoms with Gasteiger partial charge in [-0.2, -0.15) is 0 Å². The number of benzene rings is 1. The minimum atomic E-state index is -0.617. The van der Waals surface area contributed by atoms with Crippen molar-refractivity contribution in [2.45, 2.75) is 52.2 Å². The van der Waals surface area contributed by atoms with E-state index in [1.165, 1.54) is 6.07 Å². The molecule has 19 heavy (non-hydrogen) atoms. The third-order valence-corrected chi connectivity index (χ3v) is 3.70. The lowest BCUT2D eigenvalue weighted by Crippen LogP contribution is -2.28. The van der Waals surface area contributed by atoms with E-state index in [0.717, 1.165) is 25.8 Å². The van der Waals surface area contributed by atoms with Crippen molar-refractivity contribution in [3.63, 3.8) is 0 Å². The van der Waals surface area contributed by atoms with E-state index in [1.54, 1.807) is 6.92 Å². The van der Waals surface area contributed by atoms with Crippen LogP contribution < -0.4 is 4.90 Å². The monoisotopic (exact) mass is 265 g/mol. The molecule has 1 aliphatic rings. The van der Waals surface area contributed by atoms with Gasteiger partial charge in [-0.15, -0.1) is 0 Å². The van der Waals surface area contributed by atoms with E-state index in [1.807, 2.05) is 12.1 Å². The molecule has 0 aliphatic heterocycles. The molecule has 1 saturated carbocycles. The van der Waals surface area contributed by atoms with Gasteiger partial charge in [0, 0.05) is 12.6 Å². The second kappa shape index (κ2) is 5.91. The third-order valence-electron chi connectivity index (χ3n) is 3.70. The summed E-state index contributed by atoms with van der Waals surface area (Å²) in [5, 5.41) is 9.50. The molecule has 1 fully saturated rings. The quantitative estimate of drug-likeness (QED) is 0.843. The summed E-state index contributed by atoms with van der Waals surface area (Å²) in [7, 11) is 0. The zero-order valence-electron chi connectivity index (χ0n) is 12.1. The van der Waals surface area contributed by atoms with Crippen LogP contribution in [-0.4, -0.2) is 17.7 Å². The number of rotatable bonds is 6. The highest BCUT2D eigenvalue weighted by Gasteiger charge is 2.30. The van der Waals surface area contributed by atoms with Crippen LogP contribution in [-0.2, 0) is 0 Å². The smallest absolute Gasteiger partial charge is 0.146 e. The number of hydrogen-bond acceptors (Lipinski definition) is 2. The van der Waals surface area contributed by atoms with Crippen molar-refractivity contribution in [3.8, 4) is 0 Å². The molecule has 1 aromatic rings. The number of aliphatic hydroxyl groups is 1. The molecule has 3 heteroatoms. The van der Waals surface area contributed by atoms with Crippen molar-refractivity contribution < 1.29 is 9.50 Å². The Hall–Kier alpha value is -1.09. The predicted molar refractivity (Wildman–Crippen MR) is 76.9 cm³/mol. The lowest BCUT2D eigenvalue weighted by atomic mass is 10.1. The summed E-state index contributed by atoms with van der Waals surface area (Å²) >= 11 is 0. The van der Waals surface area contributed by atoms with E-state index in [4.69, 9.17) is 0 Å². The van der Waals surface area contributed by atoms with Gasteiger partial charge in [0.2, 0.25) is 0 Å². The maximum atomic E-state index is 14.2. The molecule has 1 unspecified atom stereocenters. The maximum Gasteiger partial charge on any atom is 0.146 e. The molecule has 1 aliphatic carbocycles. The summed E-state index contributed by atoms with van der Waals surface area (Å²) < 4.78 is 14.2. The molecule has 1 N–H and O–H groups in total. The Balaban J connectivity index is 2.17. The lowest BCUT2D eigenvalue weighted by Gasteiger charge is -2.26. The Morgan fingerprint density at radius 3 is 2.47 bits per heavy atom. The van der Waals surface area contributed by atoms with E-state index < -0.39 is 6.10 Å². The molecule has 0 bridgehead atoms. The summed E-state index contributed by atoms with van der Waals surface area (Å²) in [5.74, 6) is 0.412. The molecular weight excluding hydrogens is 241 g/mol. The highest BCUT2D eigenvalue weighted by molar-refractivity contribution is 5.51. The van der Waals surface area contributed by atoms with Crippen LogP contribution in [0.5, 0.6) is 0 Å². The van der Waals surface area contributed by atoms with E-state index in [2.05, 4.69) is 18.7 Å². The van der Waals surface area contributed by atoms with Crippen LogP contribution in [0.1, 0.15) is 51.7 Å². The molecule has 106 valence electrons. The van der Waals surface area contributed by atoms with Gasteiger partial charge in [0.25, 0.3) is 0 Å². The average Bonchev–Trinajstić information content (AvgIpc) is 3.14. The van der Waals surface area contributed by atoms with E-state index >= 15 is 0 Å². The summed E-state index contributed by atoms with van der Waals surface area (Å²) in [6, 6.07) is 5.61. The maximum absolute atomic E-state index is 14.2. The first-order valence-electron chi connectivity index (χ1n) is 7.23. The largest absolute Gasteiger partial charge is 0.389 e. The van der Waals surface area contributed by atoms with Gasteiger partial charge < -0.3 is 10.0 Å². The summed E-state index contributed by atoms with van der Waals surface area (Å²) in [5.41, 5.74) is 1.33. The number of anilines is 1. The van der Waals surface area contributed by atoms with Crippen LogP contribution in [0.15, 0.2) is 18.2 Å². The standard InChI is InChI=1S/C16H24FNO/c1-11(2)8-9-18(14-5-6-14)16-7-4-13(12(3)19)10-15(16)17/h4,7,10-12,14,19H,5-6,8-9H2,1-3H3. The second-order valence-electron chi connectivity index (χ2n) is 5.99. The van der Waals surface area contributed by atoms with Crippen LogP contribution in [0.4, 0.5) is 10.1 Å². The van der Waals surface area contributed by atoms with E-state index in [0.29, 0.717) is 23.2 Å². The minimum Gasteiger partial charge on any atom is -0.389 e. The Morgan fingerprint density at radius 2 is 2.00 bits per heavy atom. The molecule has 0 radical (unpaired) electrons. The Morgan fingerprint density at radius 1 is 1.32 bits per heavy atom. The molecule has 0 spiro atoms. The molecule has 2 nitrogen and oxygen atoms in total. The average molecular weight is 265 g/mol. The fourth-order valence-corrected chi connectivity index (χ4v) is 2.30. The second-order valence-corrected chi connectivity index (χ2v) is 5.99. The fourth-order valence-electron chi connectivity index (χ4n) is 2.30. The SMILES string of the molecule is CC(C)CCN(c1ccc(C(C)O)cc1F)C1CC1. The summed E-state index contributed by atoms with van der Waals surface area (Å²) in [4.78, 5) is 2.20. The number of aliphatic hydroxyl groups excluding tert-OH is 1. The molecule has 0 saturated heterocycles. The summed E-state index contributed by atoms with van der Waals surface area (Å²) in [6.07, 6.45) is 2.79. The van der Waals surface area contributed by atoms with Gasteiger partial charge in [-0.25, -0.2) is 4.39 Å². The summed E-state index contributed by atoms with van der Waals surface area (Å²) in [6.45, 7) is 6.95. The topological polar surface area (TPSA) is 23.5 Å².